The van der Waals surface area contributed by atoms with Gasteiger partial charge in [0.1, 0.15) is 0 Å². The molecule has 0 amide bonds. The molecule has 0 bridgehead atoms. The Kier molecular flexibility index (Phi) is 3.21. The molecular weight excluding hydrogens is 268 g/mol. The third-order valence-electron chi connectivity index (χ3n) is 2.32. The van der Waals surface area contributed by atoms with Gasteiger partial charge in [0.25, 0.3) is 5.92 Å². The molecule has 5 nitrogen and oxygen atoms in total. The number of alkyl halides is 4. The van der Waals surface area contributed by atoms with Crippen molar-refractivity contribution in [3.63, 3.8) is 0 Å². The Morgan fingerprint density at radius 1 is 1.37 bits per heavy atom. The average Bonchev–Trinajstić information content (AvgIpc) is 2.84. The van der Waals surface area contributed by atoms with Crippen LogP contribution in [0.4, 0.5) is 17.6 Å². The molecule has 0 N–H and O–H groups in total. The van der Waals surface area contributed by atoms with E-state index < -0.39 is 24.0 Å². The molecule has 2 aromatic heterocycles. The SMILES string of the molecule is Cn1nc(C(C)(F)F)c(OC(F)F)c1-n1cccn1. The lowest BCUT2D eigenvalue weighted by molar-refractivity contribution is -0.0565. The molecule has 0 aliphatic heterocycles. The highest BCUT2D eigenvalue weighted by Crippen LogP contribution is 2.38. The van der Waals surface area contributed by atoms with Gasteiger partial charge in [0.15, 0.2) is 17.3 Å². The van der Waals surface area contributed by atoms with Gasteiger partial charge in [0.2, 0.25) is 0 Å². The van der Waals surface area contributed by atoms with Crippen molar-refractivity contribution in [1.29, 1.82) is 0 Å². The molecule has 0 saturated heterocycles. The van der Waals surface area contributed by atoms with Gasteiger partial charge in [-0.1, -0.05) is 0 Å². The molecule has 0 spiro atoms. The maximum Gasteiger partial charge on any atom is 0.387 e. The van der Waals surface area contributed by atoms with Gasteiger partial charge in [0, 0.05) is 26.4 Å². The smallest absolute Gasteiger partial charge is 0.387 e. The predicted molar refractivity (Wildman–Crippen MR) is 56.5 cm³/mol. The average molecular weight is 278 g/mol. The second-order valence-electron chi connectivity index (χ2n) is 3.84. The molecule has 2 heterocycles. The Morgan fingerprint density at radius 2 is 2.05 bits per heavy atom. The predicted octanol–water partition coefficient (Wildman–Crippen LogP) is 2.32. The number of aryl methyl sites for hydroxylation is 1. The molecule has 0 saturated carbocycles. The largest absolute Gasteiger partial charge is 0.428 e. The molecule has 0 atom stereocenters. The van der Waals surface area contributed by atoms with Crippen molar-refractivity contribution in [1.82, 2.24) is 19.6 Å². The summed E-state index contributed by atoms with van der Waals surface area (Å²) in [6.07, 6.45) is 2.79. The second kappa shape index (κ2) is 4.56. The molecule has 0 aromatic carbocycles. The Morgan fingerprint density at radius 3 is 2.53 bits per heavy atom. The minimum atomic E-state index is -3.41. The zero-order chi connectivity index (χ0) is 14.2. The van der Waals surface area contributed by atoms with Crippen molar-refractivity contribution >= 4 is 0 Å². The molecule has 2 rings (SSSR count). The number of hydrogen-bond donors (Lipinski definition) is 0. The summed E-state index contributed by atoms with van der Waals surface area (Å²) in [5.74, 6) is -4.19. The van der Waals surface area contributed by atoms with E-state index in [0.717, 1.165) is 9.36 Å². The van der Waals surface area contributed by atoms with Gasteiger partial charge in [-0.05, 0) is 6.07 Å². The van der Waals surface area contributed by atoms with Crippen LogP contribution in [0, 0.1) is 0 Å². The van der Waals surface area contributed by atoms with Crippen LogP contribution in [0.25, 0.3) is 5.82 Å². The maximum atomic E-state index is 13.4. The van der Waals surface area contributed by atoms with Gasteiger partial charge in [-0.2, -0.15) is 27.8 Å². The summed E-state index contributed by atoms with van der Waals surface area (Å²) in [7, 11) is 1.34. The van der Waals surface area contributed by atoms with Gasteiger partial charge in [-0.25, -0.2) is 9.36 Å². The molecule has 0 fully saturated rings. The van der Waals surface area contributed by atoms with Crippen molar-refractivity contribution in [2.45, 2.75) is 19.5 Å². The van der Waals surface area contributed by atoms with Crippen LogP contribution in [0.2, 0.25) is 0 Å². The fraction of sp³-hybridized carbons (Fsp3) is 0.400. The second-order valence-corrected chi connectivity index (χ2v) is 3.84. The van der Waals surface area contributed by atoms with E-state index >= 15 is 0 Å². The first-order chi connectivity index (χ1) is 8.80. The molecule has 104 valence electrons. The molecule has 0 aliphatic carbocycles. The summed E-state index contributed by atoms with van der Waals surface area (Å²) in [4.78, 5) is 0. The molecule has 0 radical (unpaired) electrons. The lowest BCUT2D eigenvalue weighted by atomic mass is 10.2. The molecule has 0 aliphatic rings. The normalized spacial score (nSPS) is 12.2. The van der Waals surface area contributed by atoms with E-state index in [1.165, 1.54) is 25.5 Å². The Bertz CT molecular complexity index is 559. The standard InChI is InChI=1S/C10H10F4N4O/c1-10(13,14)7-6(19-9(11)12)8(17(2)16-7)18-5-3-4-15-18/h3-5,9H,1-2H3. The molecule has 19 heavy (non-hydrogen) atoms. The summed E-state index contributed by atoms with van der Waals surface area (Å²) in [5.41, 5.74) is -0.860. The van der Waals surface area contributed by atoms with E-state index in [1.54, 1.807) is 0 Å². The first kappa shape index (κ1) is 13.4. The van der Waals surface area contributed by atoms with E-state index in [0.29, 0.717) is 6.92 Å². The maximum absolute atomic E-state index is 13.4. The van der Waals surface area contributed by atoms with Crippen molar-refractivity contribution in [2.24, 2.45) is 7.05 Å². The van der Waals surface area contributed by atoms with Gasteiger partial charge >= 0.3 is 6.61 Å². The fourth-order valence-electron chi connectivity index (χ4n) is 1.63. The summed E-state index contributed by atoms with van der Waals surface area (Å²) in [5, 5.41) is 7.34. The van der Waals surface area contributed by atoms with Gasteiger partial charge in [-0.15, -0.1) is 0 Å². The molecule has 9 heteroatoms. The van der Waals surface area contributed by atoms with Crippen LogP contribution in [0.3, 0.4) is 0 Å². The van der Waals surface area contributed by atoms with Crippen LogP contribution in [0.5, 0.6) is 5.75 Å². The highest BCUT2D eigenvalue weighted by Gasteiger charge is 2.37. The van der Waals surface area contributed by atoms with E-state index in [-0.39, 0.29) is 5.82 Å². The van der Waals surface area contributed by atoms with Gasteiger partial charge in [0.05, 0.1) is 0 Å². The summed E-state index contributed by atoms with van der Waals surface area (Å²) in [6, 6.07) is 1.52. The Balaban J connectivity index is 2.62. The van der Waals surface area contributed by atoms with Crippen molar-refractivity contribution in [2.75, 3.05) is 0 Å². The summed E-state index contributed by atoms with van der Waals surface area (Å²) >= 11 is 0. The minimum Gasteiger partial charge on any atom is -0.428 e. The monoisotopic (exact) mass is 278 g/mol. The van der Waals surface area contributed by atoms with Crippen LogP contribution < -0.4 is 4.74 Å². The van der Waals surface area contributed by atoms with Crippen LogP contribution >= 0.6 is 0 Å². The fourth-order valence-corrected chi connectivity index (χ4v) is 1.63. The van der Waals surface area contributed by atoms with Crippen LogP contribution in [-0.2, 0) is 13.0 Å². The third-order valence-corrected chi connectivity index (χ3v) is 2.32. The third kappa shape index (κ3) is 2.54. The van der Waals surface area contributed by atoms with E-state index in [4.69, 9.17) is 0 Å². The number of nitrogens with zero attached hydrogens (tertiary/aromatic N) is 4. The van der Waals surface area contributed by atoms with Crippen LogP contribution in [0.15, 0.2) is 18.5 Å². The van der Waals surface area contributed by atoms with Crippen LogP contribution in [-0.4, -0.2) is 26.2 Å². The van der Waals surface area contributed by atoms with Crippen molar-refractivity contribution in [3.05, 3.63) is 24.2 Å². The van der Waals surface area contributed by atoms with Gasteiger partial charge < -0.3 is 4.74 Å². The lowest BCUT2D eigenvalue weighted by Crippen LogP contribution is -2.13. The molecule has 0 unspecified atom stereocenters. The van der Waals surface area contributed by atoms with E-state index in [1.807, 2.05) is 0 Å². The first-order valence-electron chi connectivity index (χ1n) is 5.21. The quantitative estimate of drug-likeness (QED) is 0.806. The van der Waals surface area contributed by atoms with E-state index in [2.05, 4.69) is 14.9 Å². The zero-order valence-electron chi connectivity index (χ0n) is 10.0. The number of halogens is 4. The lowest BCUT2D eigenvalue weighted by Gasteiger charge is -2.11. The number of rotatable bonds is 4. The highest BCUT2D eigenvalue weighted by atomic mass is 19.3. The Hall–Kier alpha value is -2.06. The number of hydrogen-bond acceptors (Lipinski definition) is 3. The Labute approximate surface area is 105 Å². The number of ether oxygens (including phenoxy) is 1. The first-order valence-corrected chi connectivity index (χ1v) is 5.21. The summed E-state index contributed by atoms with van der Waals surface area (Å²) < 4.78 is 57.8. The topological polar surface area (TPSA) is 44.9 Å². The zero-order valence-corrected chi connectivity index (χ0v) is 10.0. The minimum absolute atomic E-state index is 0.0955. The van der Waals surface area contributed by atoms with E-state index in [9.17, 15) is 17.6 Å². The van der Waals surface area contributed by atoms with Crippen molar-refractivity contribution in [3.8, 4) is 11.6 Å². The van der Waals surface area contributed by atoms with Gasteiger partial charge in [-0.3, -0.25) is 0 Å². The van der Waals surface area contributed by atoms with Crippen molar-refractivity contribution < 1.29 is 22.3 Å². The summed E-state index contributed by atoms with van der Waals surface area (Å²) in [6.45, 7) is -2.68. The highest BCUT2D eigenvalue weighted by molar-refractivity contribution is 5.46. The number of aromatic nitrogens is 4. The van der Waals surface area contributed by atoms with Crippen LogP contribution in [0.1, 0.15) is 12.6 Å². The molecular formula is C10H10F4N4O. The molecule has 2 aromatic rings.